The van der Waals surface area contributed by atoms with Crippen molar-refractivity contribution in [3.63, 3.8) is 0 Å². The molecule has 0 aromatic carbocycles. The first kappa shape index (κ1) is 13.7. The molecule has 0 bridgehead atoms. The lowest BCUT2D eigenvalue weighted by Crippen LogP contribution is -2.50. The molecule has 0 radical (unpaired) electrons. The minimum Gasteiger partial charge on any atom is -0.348 e. The largest absolute Gasteiger partial charge is 0.348 e. The molecule has 0 unspecified atom stereocenters. The van der Waals surface area contributed by atoms with Gasteiger partial charge in [0.25, 0.3) is 5.91 Å². The number of piperidine rings is 1. The standard InChI is InChI=1S/C16H21NO3S/c18-15(14-10-11-4-3-6-13(11)21-14)17-7-2-1-5-12(17)16-19-8-9-20-16/h10,12,16H,1-9H2/t12-/m0/s1. The number of amides is 1. The molecule has 2 fully saturated rings. The average Bonchev–Trinajstić information content (AvgIpc) is 3.22. The van der Waals surface area contributed by atoms with Gasteiger partial charge in [0, 0.05) is 11.4 Å². The molecule has 1 aliphatic carbocycles. The average molecular weight is 307 g/mol. The number of fused-ring (bicyclic) bond motifs is 1. The Labute approximate surface area is 129 Å². The van der Waals surface area contributed by atoms with E-state index >= 15 is 0 Å². The molecule has 3 aliphatic rings. The Hall–Kier alpha value is -0.910. The van der Waals surface area contributed by atoms with Crippen molar-refractivity contribution in [3.05, 3.63) is 21.4 Å². The SMILES string of the molecule is O=C(c1cc2c(s1)CCC2)N1CCCC[C@H]1C1OCCO1. The maximum atomic E-state index is 12.9. The molecule has 2 aliphatic heterocycles. The topological polar surface area (TPSA) is 38.8 Å². The molecule has 21 heavy (non-hydrogen) atoms. The summed E-state index contributed by atoms with van der Waals surface area (Å²) in [6.07, 6.45) is 6.52. The molecule has 114 valence electrons. The van der Waals surface area contributed by atoms with Crippen molar-refractivity contribution in [2.45, 2.75) is 50.9 Å². The molecule has 0 saturated carbocycles. The van der Waals surface area contributed by atoms with Crippen LogP contribution in [0, 0.1) is 0 Å². The Balaban J connectivity index is 1.55. The second kappa shape index (κ2) is 5.71. The van der Waals surface area contributed by atoms with E-state index in [0.29, 0.717) is 13.2 Å². The normalized spacial score (nSPS) is 26.3. The summed E-state index contributed by atoms with van der Waals surface area (Å²) in [4.78, 5) is 17.2. The second-order valence-electron chi connectivity index (χ2n) is 6.08. The van der Waals surface area contributed by atoms with Crippen molar-refractivity contribution < 1.29 is 14.3 Å². The van der Waals surface area contributed by atoms with Gasteiger partial charge in [-0.05, 0) is 50.2 Å². The lowest BCUT2D eigenvalue weighted by Gasteiger charge is -2.37. The van der Waals surface area contributed by atoms with Crippen molar-refractivity contribution in [1.29, 1.82) is 0 Å². The maximum absolute atomic E-state index is 12.9. The van der Waals surface area contributed by atoms with Gasteiger partial charge in [-0.25, -0.2) is 0 Å². The van der Waals surface area contributed by atoms with Gasteiger partial charge in [-0.3, -0.25) is 4.79 Å². The van der Waals surface area contributed by atoms with E-state index < -0.39 is 0 Å². The smallest absolute Gasteiger partial charge is 0.264 e. The minimum atomic E-state index is -0.221. The molecular weight excluding hydrogens is 286 g/mol. The molecule has 1 aromatic heterocycles. The molecule has 5 heteroatoms. The number of likely N-dealkylation sites (tertiary alicyclic amines) is 1. The van der Waals surface area contributed by atoms with Crippen LogP contribution in [0.4, 0.5) is 0 Å². The van der Waals surface area contributed by atoms with Crippen LogP contribution >= 0.6 is 11.3 Å². The number of nitrogens with zero attached hydrogens (tertiary/aromatic N) is 1. The van der Waals surface area contributed by atoms with Crippen LogP contribution in [0.25, 0.3) is 0 Å². The lowest BCUT2D eigenvalue weighted by atomic mass is 10.0. The van der Waals surface area contributed by atoms with Crippen LogP contribution in [0.1, 0.15) is 45.8 Å². The summed E-state index contributed by atoms with van der Waals surface area (Å²) in [6, 6.07) is 2.21. The zero-order valence-corrected chi connectivity index (χ0v) is 13.0. The van der Waals surface area contributed by atoms with Crippen LogP contribution in [-0.2, 0) is 22.3 Å². The lowest BCUT2D eigenvalue weighted by molar-refractivity contribution is -0.100. The third kappa shape index (κ3) is 2.51. The van der Waals surface area contributed by atoms with Crippen molar-refractivity contribution in [3.8, 4) is 0 Å². The molecule has 4 nitrogen and oxygen atoms in total. The second-order valence-corrected chi connectivity index (χ2v) is 7.22. The molecule has 0 N–H and O–H groups in total. The fourth-order valence-electron chi connectivity index (χ4n) is 3.67. The van der Waals surface area contributed by atoms with E-state index in [0.717, 1.165) is 43.5 Å². The molecule has 1 atom stereocenters. The highest BCUT2D eigenvalue weighted by Gasteiger charge is 2.37. The summed E-state index contributed by atoms with van der Waals surface area (Å²) in [7, 11) is 0. The Bertz CT molecular complexity index is 514. The molecular formula is C16H21NO3S. The van der Waals surface area contributed by atoms with Gasteiger partial charge >= 0.3 is 0 Å². The number of carbonyl (C=O) groups is 1. The van der Waals surface area contributed by atoms with Crippen molar-refractivity contribution in [2.24, 2.45) is 0 Å². The van der Waals surface area contributed by atoms with Gasteiger partial charge in [0.1, 0.15) is 0 Å². The number of hydrogen-bond donors (Lipinski definition) is 0. The van der Waals surface area contributed by atoms with E-state index in [9.17, 15) is 4.79 Å². The number of ether oxygens (including phenoxy) is 2. The van der Waals surface area contributed by atoms with E-state index in [-0.39, 0.29) is 18.2 Å². The van der Waals surface area contributed by atoms with Crippen LogP contribution < -0.4 is 0 Å². The number of thiophene rings is 1. The quantitative estimate of drug-likeness (QED) is 0.843. The van der Waals surface area contributed by atoms with Crippen molar-refractivity contribution in [1.82, 2.24) is 4.90 Å². The van der Waals surface area contributed by atoms with Crippen LogP contribution in [0.2, 0.25) is 0 Å². The zero-order valence-electron chi connectivity index (χ0n) is 12.2. The minimum absolute atomic E-state index is 0.0886. The molecule has 2 saturated heterocycles. The summed E-state index contributed by atoms with van der Waals surface area (Å²) < 4.78 is 11.3. The molecule has 0 spiro atoms. The van der Waals surface area contributed by atoms with E-state index in [4.69, 9.17) is 9.47 Å². The van der Waals surface area contributed by atoms with Gasteiger partial charge in [-0.2, -0.15) is 0 Å². The molecule has 3 heterocycles. The Morgan fingerprint density at radius 2 is 2.05 bits per heavy atom. The van der Waals surface area contributed by atoms with E-state index in [1.807, 2.05) is 4.90 Å². The van der Waals surface area contributed by atoms with Gasteiger partial charge in [0.05, 0.1) is 24.1 Å². The van der Waals surface area contributed by atoms with E-state index in [1.54, 1.807) is 11.3 Å². The van der Waals surface area contributed by atoms with Crippen LogP contribution in [0.5, 0.6) is 0 Å². The number of rotatable bonds is 2. The summed E-state index contributed by atoms with van der Waals surface area (Å²) in [5.74, 6) is 0.179. The van der Waals surface area contributed by atoms with Gasteiger partial charge in [0.2, 0.25) is 0 Å². The highest BCUT2D eigenvalue weighted by atomic mass is 32.1. The summed E-state index contributed by atoms with van der Waals surface area (Å²) in [5, 5.41) is 0. The fraction of sp³-hybridized carbons (Fsp3) is 0.688. The maximum Gasteiger partial charge on any atom is 0.264 e. The molecule has 1 amide bonds. The number of hydrogen-bond acceptors (Lipinski definition) is 4. The van der Waals surface area contributed by atoms with Crippen molar-refractivity contribution >= 4 is 17.2 Å². The first-order valence-electron chi connectivity index (χ1n) is 7.99. The highest BCUT2D eigenvalue weighted by Crippen LogP contribution is 2.33. The Kier molecular flexibility index (Phi) is 3.73. The highest BCUT2D eigenvalue weighted by molar-refractivity contribution is 7.14. The van der Waals surface area contributed by atoms with Gasteiger partial charge in [-0.1, -0.05) is 0 Å². The molecule has 4 rings (SSSR count). The summed E-state index contributed by atoms with van der Waals surface area (Å²) >= 11 is 1.70. The summed E-state index contributed by atoms with van der Waals surface area (Å²) in [6.45, 7) is 2.13. The number of aryl methyl sites for hydroxylation is 2. The first-order valence-corrected chi connectivity index (χ1v) is 8.80. The Morgan fingerprint density at radius 3 is 2.86 bits per heavy atom. The van der Waals surface area contributed by atoms with E-state index in [2.05, 4.69) is 6.07 Å². The van der Waals surface area contributed by atoms with E-state index in [1.165, 1.54) is 16.9 Å². The first-order chi connectivity index (χ1) is 10.3. The van der Waals surface area contributed by atoms with Crippen LogP contribution in [0.3, 0.4) is 0 Å². The van der Waals surface area contributed by atoms with Gasteiger partial charge < -0.3 is 14.4 Å². The predicted molar refractivity (Wildman–Crippen MR) is 80.7 cm³/mol. The van der Waals surface area contributed by atoms with Gasteiger partial charge in [0.15, 0.2) is 6.29 Å². The van der Waals surface area contributed by atoms with Crippen LogP contribution in [-0.4, -0.2) is 42.9 Å². The molecule has 1 aromatic rings. The Morgan fingerprint density at radius 1 is 1.19 bits per heavy atom. The predicted octanol–water partition coefficient (Wildman–Crippen LogP) is 2.60. The van der Waals surface area contributed by atoms with Crippen molar-refractivity contribution in [2.75, 3.05) is 19.8 Å². The third-order valence-corrected chi connectivity index (χ3v) is 5.95. The van der Waals surface area contributed by atoms with Gasteiger partial charge in [-0.15, -0.1) is 11.3 Å². The number of carbonyl (C=O) groups excluding carboxylic acids is 1. The third-order valence-electron chi connectivity index (χ3n) is 4.73. The van der Waals surface area contributed by atoms with Crippen LogP contribution in [0.15, 0.2) is 6.07 Å². The zero-order chi connectivity index (χ0) is 14.2. The monoisotopic (exact) mass is 307 g/mol. The summed E-state index contributed by atoms with van der Waals surface area (Å²) in [5.41, 5.74) is 1.39. The fourth-order valence-corrected chi connectivity index (χ4v) is 4.88.